The van der Waals surface area contributed by atoms with Gasteiger partial charge in [-0.25, -0.2) is 14.5 Å². The number of aryl methyl sites for hydroxylation is 1. The lowest BCUT2D eigenvalue weighted by atomic mass is 10.1. The molecule has 6 nitrogen and oxygen atoms in total. The number of nitrogens with two attached hydrogens (primary N) is 1. The van der Waals surface area contributed by atoms with Crippen molar-refractivity contribution < 1.29 is 9.59 Å². The van der Waals surface area contributed by atoms with Gasteiger partial charge in [0.05, 0.1) is 0 Å². The first-order valence-corrected chi connectivity index (χ1v) is 5.98. The molecule has 2 rings (SSSR count). The van der Waals surface area contributed by atoms with Crippen LogP contribution in [0.2, 0.25) is 0 Å². The van der Waals surface area contributed by atoms with Gasteiger partial charge in [0.15, 0.2) is 0 Å². The molecule has 0 unspecified atom stereocenters. The highest BCUT2D eigenvalue weighted by Crippen LogP contribution is 2.30. The molecule has 1 aromatic carbocycles. The topological polar surface area (TPSA) is 69.9 Å². The average Bonchev–Trinajstić information content (AvgIpc) is 2.38. The maximum absolute atomic E-state index is 12.0. The standard InChI is InChI=1S/C13H18N4O2/c1-8-7-9(5-6-10(8)14)11-15(2)12(18)17(4)13(19)16(11)3/h5-7,11H,14H2,1-4H3. The second-order valence-corrected chi connectivity index (χ2v) is 4.84. The van der Waals surface area contributed by atoms with E-state index in [9.17, 15) is 9.59 Å². The lowest BCUT2D eigenvalue weighted by Gasteiger charge is -2.43. The number of benzene rings is 1. The van der Waals surface area contributed by atoms with E-state index >= 15 is 0 Å². The second kappa shape index (κ2) is 4.46. The predicted molar refractivity (Wildman–Crippen MR) is 72.4 cm³/mol. The van der Waals surface area contributed by atoms with Crippen molar-refractivity contribution in [3.63, 3.8) is 0 Å². The molecule has 0 radical (unpaired) electrons. The number of urea groups is 2. The Hall–Kier alpha value is -2.24. The molecule has 0 atom stereocenters. The summed E-state index contributed by atoms with van der Waals surface area (Å²) in [6, 6.07) is 4.90. The van der Waals surface area contributed by atoms with Gasteiger partial charge in [-0.3, -0.25) is 0 Å². The lowest BCUT2D eigenvalue weighted by molar-refractivity contribution is 0.0602. The zero-order valence-electron chi connectivity index (χ0n) is 11.5. The molecule has 0 aliphatic carbocycles. The van der Waals surface area contributed by atoms with Gasteiger partial charge in [0.25, 0.3) is 0 Å². The molecule has 1 saturated heterocycles. The second-order valence-electron chi connectivity index (χ2n) is 4.84. The molecule has 19 heavy (non-hydrogen) atoms. The molecule has 0 saturated carbocycles. The highest BCUT2D eigenvalue weighted by Gasteiger charge is 2.39. The molecule has 0 spiro atoms. The highest BCUT2D eigenvalue weighted by molar-refractivity contribution is 5.95. The van der Waals surface area contributed by atoms with Gasteiger partial charge in [-0.2, -0.15) is 0 Å². The normalized spacial score (nSPS) is 17.4. The minimum atomic E-state index is -0.407. The number of amides is 4. The largest absolute Gasteiger partial charge is 0.399 e. The molecule has 102 valence electrons. The molecule has 1 aromatic rings. The quantitative estimate of drug-likeness (QED) is 0.782. The van der Waals surface area contributed by atoms with Crippen molar-refractivity contribution in [3.8, 4) is 0 Å². The Balaban J connectivity index is 2.44. The Bertz CT molecular complexity index is 521. The number of nitrogen functional groups attached to an aromatic ring is 1. The third kappa shape index (κ3) is 1.99. The maximum Gasteiger partial charge on any atom is 0.329 e. The predicted octanol–water partition coefficient (Wildman–Crippen LogP) is 1.62. The Labute approximate surface area is 112 Å². The molecular weight excluding hydrogens is 244 g/mol. The van der Waals surface area contributed by atoms with Crippen molar-refractivity contribution in [1.29, 1.82) is 0 Å². The van der Waals surface area contributed by atoms with E-state index < -0.39 is 6.17 Å². The van der Waals surface area contributed by atoms with Crippen LogP contribution in [0, 0.1) is 6.92 Å². The number of carbonyl (C=O) groups is 2. The molecule has 0 aromatic heterocycles. The monoisotopic (exact) mass is 262 g/mol. The molecule has 1 aliphatic heterocycles. The van der Waals surface area contributed by atoms with Crippen LogP contribution in [0.4, 0.5) is 15.3 Å². The molecular formula is C13H18N4O2. The van der Waals surface area contributed by atoms with Gasteiger partial charge in [0.1, 0.15) is 6.17 Å². The third-order valence-corrected chi connectivity index (χ3v) is 3.50. The van der Waals surface area contributed by atoms with Crippen LogP contribution in [0.15, 0.2) is 18.2 Å². The fourth-order valence-electron chi connectivity index (χ4n) is 2.33. The fraction of sp³-hybridized carbons (Fsp3) is 0.385. The van der Waals surface area contributed by atoms with E-state index in [1.54, 1.807) is 20.2 Å². The molecule has 4 amide bonds. The van der Waals surface area contributed by atoms with Crippen molar-refractivity contribution in [1.82, 2.24) is 14.7 Å². The first-order valence-electron chi connectivity index (χ1n) is 5.98. The summed E-state index contributed by atoms with van der Waals surface area (Å²) in [6.07, 6.45) is -0.407. The van der Waals surface area contributed by atoms with Gasteiger partial charge < -0.3 is 15.5 Å². The van der Waals surface area contributed by atoms with Crippen molar-refractivity contribution in [2.75, 3.05) is 26.9 Å². The molecule has 1 heterocycles. The lowest BCUT2D eigenvalue weighted by Crippen LogP contribution is -2.58. The summed E-state index contributed by atoms with van der Waals surface area (Å²) in [7, 11) is 4.83. The van der Waals surface area contributed by atoms with E-state index in [4.69, 9.17) is 5.73 Å². The summed E-state index contributed by atoms with van der Waals surface area (Å²) in [4.78, 5) is 28.2. The smallest absolute Gasteiger partial charge is 0.329 e. The third-order valence-electron chi connectivity index (χ3n) is 3.50. The summed E-state index contributed by atoms with van der Waals surface area (Å²) >= 11 is 0. The number of carbonyl (C=O) groups excluding carboxylic acids is 2. The number of nitrogens with zero attached hydrogens (tertiary/aromatic N) is 3. The van der Waals surface area contributed by atoms with Gasteiger partial charge >= 0.3 is 12.1 Å². The van der Waals surface area contributed by atoms with Gasteiger partial charge in [-0.05, 0) is 24.1 Å². The fourth-order valence-corrected chi connectivity index (χ4v) is 2.33. The molecule has 1 fully saturated rings. The van der Waals surface area contributed by atoms with E-state index in [1.807, 2.05) is 19.1 Å². The SMILES string of the molecule is Cc1cc(C2N(C)C(=O)N(C)C(=O)N2C)ccc1N. The van der Waals surface area contributed by atoms with Crippen LogP contribution in [-0.2, 0) is 0 Å². The number of imide groups is 1. The summed E-state index contributed by atoms with van der Waals surface area (Å²) in [5.41, 5.74) is 8.28. The van der Waals surface area contributed by atoms with Crippen molar-refractivity contribution in [2.45, 2.75) is 13.1 Å². The Kier molecular flexibility index (Phi) is 3.09. The Morgan fingerprint density at radius 3 is 2.05 bits per heavy atom. The highest BCUT2D eigenvalue weighted by atomic mass is 16.2. The van der Waals surface area contributed by atoms with Crippen LogP contribution in [0.5, 0.6) is 0 Å². The summed E-state index contributed by atoms with van der Waals surface area (Å²) in [6.45, 7) is 1.90. The summed E-state index contributed by atoms with van der Waals surface area (Å²) < 4.78 is 0. The number of hydrogen-bond acceptors (Lipinski definition) is 3. The van der Waals surface area contributed by atoms with Crippen molar-refractivity contribution in [3.05, 3.63) is 29.3 Å². The van der Waals surface area contributed by atoms with Crippen LogP contribution in [0.3, 0.4) is 0 Å². The van der Waals surface area contributed by atoms with Crippen LogP contribution in [0.25, 0.3) is 0 Å². The van der Waals surface area contributed by atoms with Crippen molar-refractivity contribution in [2.24, 2.45) is 0 Å². The van der Waals surface area contributed by atoms with Crippen LogP contribution in [0.1, 0.15) is 17.3 Å². The van der Waals surface area contributed by atoms with Crippen molar-refractivity contribution >= 4 is 17.7 Å². The number of rotatable bonds is 1. The van der Waals surface area contributed by atoms with Crippen LogP contribution >= 0.6 is 0 Å². The Morgan fingerprint density at radius 2 is 1.58 bits per heavy atom. The van der Waals surface area contributed by atoms with Gasteiger partial charge in [0.2, 0.25) is 0 Å². The van der Waals surface area contributed by atoms with Gasteiger partial charge in [-0.1, -0.05) is 12.1 Å². The minimum absolute atomic E-state index is 0.317. The van der Waals surface area contributed by atoms with Crippen LogP contribution < -0.4 is 5.73 Å². The van der Waals surface area contributed by atoms with Crippen LogP contribution in [-0.4, -0.2) is 47.9 Å². The molecule has 2 N–H and O–H groups in total. The number of anilines is 1. The first kappa shape index (κ1) is 13.2. The van der Waals surface area contributed by atoms with E-state index in [1.165, 1.54) is 16.8 Å². The van der Waals surface area contributed by atoms with E-state index in [0.717, 1.165) is 16.0 Å². The minimum Gasteiger partial charge on any atom is -0.399 e. The molecule has 0 bridgehead atoms. The number of hydrogen-bond donors (Lipinski definition) is 1. The zero-order valence-corrected chi connectivity index (χ0v) is 11.5. The molecule has 6 heteroatoms. The molecule has 1 aliphatic rings. The first-order chi connectivity index (χ1) is 8.84. The Morgan fingerprint density at radius 1 is 1.05 bits per heavy atom. The van der Waals surface area contributed by atoms with Gasteiger partial charge in [-0.15, -0.1) is 0 Å². The van der Waals surface area contributed by atoms with E-state index in [2.05, 4.69) is 0 Å². The summed E-state index contributed by atoms with van der Waals surface area (Å²) in [5, 5.41) is 0. The summed E-state index contributed by atoms with van der Waals surface area (Å²) in [5.74, 6) is 0. The van der Waals surface area contributed by atoms with E-state index in [0.29, 0.717) is 5.69 Å². The zero-order chi connectivity index (χ0) is 14.3. The van der Waals surface area contributed by atoms with Gasteiger partial charge in [0, 0.05) is 26.8 Å². The van der Waals surface area contributed by atoms with E-state index in [-0.39, 0.29) is 12.1 Å². The average molecular weight is 262 g/mol. The maximum atomic E-state index is 12.0.